The van der Waals surface area contributed by atoms with Gasteiger partial charge in [0.25, 0.3) is 0 Å². The first-order valence-electron chi connectivity index (χ1n) is 10.7. The van der Waals surface area contributed by atoms with E-state index in [1.54, 1.807) is 6.07 Å². The molecule has 33 heavy (non-hydrogen) atoms. The highest BCUT2D eigenvalue weighted by Gasteiger charge is 2.11. The number of pyridine rings is 1. The third-order valence-corrected chi connectivity index (χ3v) is 5.24. The first kappa shape index (κ1) is 22.4. The largest absolute Gasteiger partial charge is 0.493 e. The Bertz CT molecular complexity index is 1270. The molecule has 4 rings (SSSR count). The molecule has 0 saturated carbocycles. The van der Waals surface area contributed by atoms with Crippen molar-refractivity contribution in [2.45, 2.75) is 13.5 Å². The minimum atomic E-state index is -0.470. The SMILES string of the molecule is CCOc1ccccc1-c1ccc(-c2cc(COCC(=O)OC)c3cc(F)ccc3n2)cc1. The Kier molecular flexibility index (Phi) is 6.95. The maximum absolute atomic E-state index is 13.9. The predicted octanol–water partition coefficient (Wildman–Crippen LogP) is 5.80. The molecule has 5 nitrogen and oxygen atoms in total. The zero-order valence-electron chi connectivity index (χ0n) is 18.5. The molecule has 0 fully saturated rings. The lowest BCUT2D eigenvalue weighted by molar-refractivity contribution is -0.146. The van der Waals surface area contributed by atoms with Crippen molar-refractivity contribution >= 4 is 16.9 Å². The van der Waals surface area contributed by atoms with Crippen molar-refractivity contribution in [1.29, 1.82) is 0 Å². The van der Waals surface area contributed by atoms with Crippen molar-refractivity contribution in [2.75, 3.05) is 20.3 Å². The number of ether oxygens (including phenoxy) is 3. The number of para-hydroxylation sites is 1. The highest BCUT2D eigenvalue weighted by molar-refractivity contribution is 5.85. The number of aromatic nitrogens is 1. The van der Waals surface area contributed by atoms with Gasteiger partial charge in [-0.3, -0.25) is 0 Å². The Hall–Kier alpha value is -3.77. The van der Waals surface area contributed by atoms with Gasteiger partial charge in [-0.15, -0.1) is 0 Å². The molecule has 0 amide bonds. The van der Waals surface area contributed by atoms with E-state index in [0.29, 0.717) is 17.5 Å². The summed E-state index contributed by atoms with van der Waals surface area (Å²) in [5, 5.41) is 0.644. The lowest BCUT2D eigenvalue weighted by Crippen LogP contribution is -2.10. The number of rotatable bonds is 8. The molecule has 0 N–H and O–H groups in total. The summed E-state index contributed by atoms with van der Waals surface area (Å²) in [6.45, 7) is 2.50. The Balaban J connectivity index is 1.68. The molecular formula is C27H24FNO4. The average molecular weight is 445 g/mol. The highest BCUT2D eigenvalue weighted by atomic mass is 19.1. The number of esters is 1. The normalized spacial score (nSPS) is 10.9. The monoisotopic (exact) mass is 445 g/mol. The van der Waals surface area contributed by atoms with Crippen LogP contribution in [0.1, 0.15) is 12.5 Å². The molecule has 0 radical (unpaired) electrons. The summed E-state index contributed by atoms with van der Waals surface area (Å²) in [6, 6.07) is 22.3. The van der Waals surface area contributed by atoms with Crippen LogP contribution in [0.3, 0.4) is 0 Å². The smallest absolute Gasteiger partial charge is 0.331 e. The van der Waals surface area contributed by atoms with Crippen molar-refractivity contribution in [1.82, 2.24) is 4.98 Å². The van der Waals surface area contributed by atoms with Gasteiger partial charge < -0.3 is 14.2 Å². The van der Waals surface area contributed by atoms with Crippen LogP contribution in [0.25, 0.3) is 33.3 Å². The van der Waals surface area contributed by atoms with Crippen LogP contribution in [-0.4, -0.2) is 31.3 Å². The first-order chi connectivity index (χ1) is 16.1. The summed E-state index contributed by atoms with van der Waals surface area (Å²) in [6.07, 6.45) is 0. The minimum absolute atomic E-state index is 0.129. The second kappa shape index (κ2) is 10.2. The molecule has 0 unspecified atom stereocenters. The van der Waals surface area contributed by atoms with Crippen LogP contribution >= 0.6 is 0 Å². The lowest BCUT2D eigenvalue weighted by atomic mass is 10.00. The van der Waals surface area contributed by atoms with Crippen molar-refractivity contribution < 1.29 is 23.4 Å². The van der Waals surface area contributed by atoms with Gasteiger partial charge in [-0.05, 0) is 48.4 Å². The molecule has 0 aliphatic carbocycles. The molecule has 0 aliphatic rings. The molecule has 0 atom stereocenters. The maximum atomic E-state index is 13.9. The fourth-order valence-electron chi connectivity index (χ4n) is 3.65. The molecule has 1 heterocycles. The first-order valence-corrected chi connectivity index (χ1v) is 10.7. The van der Waals surface area contributed by atoms with Gasteiger partial charge in [-0.1, -0.05) is 42.5 Å². The second-order valence-corrected chi connectivity index (χ2v) is 7.40. The summed E-state index contributed by atoms with van der Waals surface area (Å²) < 4.78 is 29.7. The van der Waals surface area contributed by atoms with Crippen molar-refractivity contribution in [2.24, 2.45) is 0 Å². The number of nitrogens with zero attached hydrogens (tertiary/aromatic N) is 1. The molecule has 3 aromatic carbocycles. The summed E-state index contributed by atoms with van der Waals surface area (Å²) in [5.74, 6) is 0.00919. The van der Waals surface area contributed by atoms with Crippen molar-refractivity contribution in [3.8, 4) is 28.1 Å². The van der Waals surface area contributed by atoms with Crippen molar-refractivity contribution in [3.05, 3.63) is 84.2 Å². The Morgan fingerprint density at radius 1 is 0.970 bits per heavy atom. The van der Waals surface area contributed by atoms with E-state index in [1.807, 2.05) is 61.5 Å². The molecule has 4 aromatic rings. The molecule has 0 bridgehead atoms. The lowest BCUT2D eigenvalue weighted by Gasteiger charge is -2.12. The predicted molar refractivity (Wildman–Crippen MR) is 125 cm³/mol. The Labute approximate surface area is 191 Å². The van der Waals surface area contributed by atoms with E-state index in [-0.39, 0.29) is 19.0 Å². The summed E-state index contributed by atoms with van der Waals surface area (Å²) in [7, 11) is 1.30. The zero-order valence-corrected chi connectivity index (χ0v) is 18.5. The standard InChI is InChI=1S/C27H24FNO4/c1-3-33-26-7-5-4-6-22(26)18-8-10-19(11-9-18)25-14-20(16-32-17-27(30)31-2)23-15-21(28)12-13-24(23)29-25/h4-15H,3,16-17H2,1-2H3. The minimum Gasteiger partial charge on any atom is -0.493 e. The number of fused-ring (bicyclic) bond motifs is 1. The van der Waals surface area contributed by atoms with Gasteiger partial charge in [0.15, 0.2) is 0 Å². The van der Waals surface area contributed by atoms with E-state index in [9.17, 15) is 9.18 Å². The third kappa shape index (κ3) is 5.18. The number of carbonyl (C=O) groups excluding carboxylic acids is 1. The van der Waals surface area contributed by atoms with E-state index >= 15 is 0 Å². The van der Waals surface area contributed by atoms with Gasteiger partial charge in [0.05, 0.1) is 31.5 Å². The summed E-state index contributed by atoms with van der Waals surface area (Å²) in [5.41, 5.74) is 5.08. The van der Waals surface area contributed by atoms with Crippen LogP contribution < -0.4 is 4.74 Å². The number of methoxy groups -OCH3 is 1. The highest BCUT2D eigenvalue weighted by Crippen LogP contribution is 2.32. The molecule has 0 saturated heterocycles. The molecule has 168 valence electrons. The van der Waals surface area contributed by atoms with Crippen LogP contribution in [0.2, 0.25) is 0 Å². The molecule has 6 heteroatoms. The van der Waals surface area contributed by atoms with Gasteiger partial charge in [-0.25, -0.2) is 14.2 Å². The third-order valence-electron chi connectivity index (χ3n) is 5.24. The maximum Gasteiger partial charge on any atom is 0.331 e. The quantitative estimate of drug-likeness (QED) is 0.321. The zero-order chi connectivity index (χ0) is 23.2. The molecular weight excluding hydrogens is 421 g/mol. The van der Waals surface area contributed by atoms with E-state index < -0.39 is 5.97 Å². The number of hydrogen-bond acceptors (Lipinski definition) is 5. The van der Waals surface area contributed by atoms with E-state index in [4.69, 9.17) is 14.5 Å². The summed E-state index contributed by atoms with van der Waals surface area (Å²) in [4.78, 5) is 16.1. The fourth-order valence-corrected chi connectivity index (χ4v) is 3.65. The van der Waals surface area contributed by atoms with Gasteiger partial charge in [0, 0.05) is 16.5 Å². The number of hydrogen-bond donors (Lipinski definition) is 0. The molecule has 1 aromatic heterocycles. The Morgan fingerprint density at radius 3 is 2.48 bits per heavy atom. The Morgan fingerprint density at radius 2 is 1.73 bits per heavy atom. The van der Waals surface area contributed by atoms with Gasteiger partial charge in [0.1, 0.15) is 18.2 Å². The van der Waals surface area contributed by atoms with Crippen LogP contribution in [-0.2, 0) is 20.9 Å². The summed E-state index contributed by atoms with van der Waals surface area (Å²) >= 11 is 0. The molecule has 0 aliphatic heterocycles. The van der Waals surface area contributed by atoms with Crippen LogP contribution in [0.5, 0.6) is 5.75 Å². The molecule has 0 spiro atoms. The fraction of sp³-hybridized carbons (Fsp3) is 0.185. The van der Waals surface area contributed by atoms with E-state index in [2.05, 4.69) is 4.74 Å². The van der Waals surface area contributed by atoms with Crippen LogP contribution in [0, 0.1) is 5.82 Å². The van der Waals surface area contributed by atoms with Crippen molar-refractivity contribution in [3.63, 3.8) is 0 Å². The van der Waals surface area contributed by atoms with E-state index in [0.717, 1.165) is 33.7 Å². The van der Waals surface area contributed by atoms with Gasteiger partial charge >= 0.3 is 5.97 Å². The number of benzene rings is 3. The second-order valence-electron chi connectivity index (χ2n) is 7.40. The number of halogens is 1. The van der Waals surface area contributed by atoms with Gasteiger partial charge in [0.2, 0.25) is 0 Å². The topological polar surface area (TPSA) is 57.7 Å². The van der Waals surface area contributed by atoms with E-state index in [1.165, 1.54) is 19.2 Å². The average Bonchev–Trinajstić information content (AvgIpc) is 2.84. The number of carbonyl (C=O) groups is 1. The van der Waals surface area contributed by atoms with Crippen LogP contribution in [0.4, 0.5) is 4.39 Å². The van der Waals surface area contributed by atoms with Gasteiger partial charge in [-0.2, -0.15) is 0 Å². The van der Waals surface area contributed by atoms with Crippen LogP contribution in [0.15, 0.2) is 72.8 Å².